The molecule has 4 nitrogen and oxygen atoms in total. The normalized spacial score (nSPS) is 22.4. The highest BCUT2D eigenvalue weighted by Gasteiger charge is 2.20. The summed E-state index contributed by atoms with van der Waals surface area (Å²) in [6, 6.07) is 5.99. The molecular weight excluding hydrogens is 254 g/mol. The second kappa shape index (κ2) is 6.75. The Bertz CT molecular complexity index is 465. The van der Waals surface area contributed by atoms with Gasteiger partial charge < -0.3 is 15.2 Å². The Hall–Kier alpha value is -1.55. The number of aryl methyl sites for hydroxylation is 2. The number of aliphatic hydroxyl groups excluding tert-OH is 1. The molecule has 1 aliphatic carbocycles. The molecule has 0 saturated heterocycles. The van der Waals surface area contributed by atoms with E-state index in [-0.39, 0.29) is 24.7 Å². The van der Waals surface area contributed by atoms with E-state index in [2.05, 4.69) is 5.32 Å². The van der Waals surface area contributed by atoms with Gasteiger partial charge in [0.2, 0.25) is 0 Å². The Labute approximate surface area is 120 Å². The molecule has 0 heterocycles. The van der Waals surface area contributed by atoms with Crippen molar-refractivity contribution in [1.29, 1.82) is 0 Å². The number of ether oxygens (including phenoxy) is 1. The van der Waals surface area contributed by atoms with Crippen molar-refractivity contribution in [2.75, 3.05) is 6.61 Å². The van der Waals surface area contributed by atoms with Gasteiger partial charge in [0.25, 0.3) is 5.91 Å². The van der Waals surface area contributed by atoms with E-state index in [1.165, 1.54) is 5.56 Å². The third-order valence-corrected chi connectivity index (χ3v) is 3.91. The molecule has 0 aliphatic heterocycles. The highest BCUT2D eigenvalue weighted by molar-refractivity contribution is 5.77. The van der Waals surface area contributed by atoms with Crippen LogP contribution in [0.4, 0.5) is 0 Å². The Morgan fingerprint density at radius 3 is 2.60 bits per heavy atom. The Kier molecular flexibility index (Phi) is 5.01. The molecule has 0 bridgehead atoms. The zero-order chi connectivity index (χ0) is 14.5. The first-order chi connectivity index (χ1) is 9.54. The molecule has 1 fully saturated rings. The Morgan fingerprint density at radius 1 is 1.25 bits per heavy atom. The van der Waals surface area contributed by atoms with Crippen molar-refractivity contribution >= 4 is 5.91 Å². The van der Waals surface area contributed by atoms with E-state index in [0.29, 0.717) is 0 Å². The number of carbonyl (C=O) groups excluding carboxylic acids is 1. The summed E-state index contributed by atoms with van der Waals surface area (Å²) in [4.78, 5) is 11.8. The number of amides is 1. The fourth-order valence-corrected chi connectivity index (χ4v) is 2.44. The SMILES string of the molecule is Cc1ccc(OCC(=O)NC2CCC(O)CC2)cc1C. The van der Waals surface area contributed by atoms with Gasteiger partial charge in [0, 0.05) is 6.04 Å². The van der Waals surface area contributed by atoms with Crippen molar-refractivity contribution in [2.24, 2.45) is 0 Å². The predicted octanol–water partition coefficient (Wildman–Crippen LogP) is 2.10. The van der Waals surface area contributed by atoms with Gasteiger partial charge in [-0.25, -0.2) is 0 Å². The molecule has 0 unspecified atom stereocenters. The van der Waals surface area contributed by atoms with E-state index in [1.807, 2.05) is 32.0 Å². The molecule has 2 rings (SSSR count). The number of hydrogen-bond acceptors (Lipinski definition) is 3. The van der Waals surface area contributed by atoms with Crippen LogP contribution in [0.5, 0.6) is 5.75 Å². The molecule has 0 aromatic heterocycles. The van der Waals surface area contributed by atoms with Crippen LogP contribution in [0.1, 0.15) is 36.8 Å². The first kappa shape index (κ1) is 14.9. The molecule has 1 amide bonds. The van der Waals surface area contributed by atoms with Crippen molar-refractivity contribution in [3.8, 4) is 5.75 Å². The molecule has 1 aliphatic rings. The van der Waals surface area contributed by atoms with E-state index in [0.717, 1.165) is 37.0 Å². The number of rotatable bonds is 4. The second-order valence-corrected chi connectivity index (χ2v) is 5.61. The smallest absolute Gasteiger partial charge is 0.258 e. The predicted molar refractivity (Wildman–Crippen MR) is 77.8 cm³/mol. The standard InChI is InChI=1S/C16H23NO3/c1-11-3-8-15(9-12(11)2)20-10-16(19)17-13-4-6-14(18)7-5-13/h3,8-9,13-14,18H,4-7,10H2,1-2H3,(H,17,19). The summed E-state index contributed by atoms with van der Waals surface area (Å²) in [5, 5.41) is 12.4. The Morgan fingerprint density at radius 2 is 1.95 bits per heavy atom. The van der Waals surface area contributed by atoms with Crippen LogP contribution in [0.3, 0.4) is 0 Å². The summed E-state index contributed by atoms with van der Waals surface area (Å²) in [6.45, 7) is 4.11. The highest BCUT2D eigenvalue weighted by Crippen LogP contribution is 2.19. The van der Waals surface area contributed by atoms with E-state index in [4.69, 9.17) is 4.74 Å². The van der Waals surface area contributed by atoms with Gasteiger partial charge in [0.15, 0.2) is 6.61 Å². The summed E-state index contributed by atoms with van der Waals surface area (Å²) < 4.78 is 5.50. The number of nitrogens with one attached hydrogen (secondary N) is 1. The van der Waals surface area contributed by atoms with Crippen molar-refractivity contribution in [2.45, 2.75) is 51.7 Å². The minimum atomic E-state index is -0.199. The van der Waals surface area contributed by atoms with Crippen LogP contribution in [0.25, 0.3) is 0 Å². The lowest BCUT2D eigenvalue weighted by atomic mass is 9.93. The van der Waals surface area contributed by atoms with Crippen LogP contribution in [0.2, 0.25) is 0 Å². The summed E-state index contributed by atoms with van der Waals surface area (Å²) in [5.41, 5.74) is 2.37. The molecular formula is C16H23NO3. The van der Waals surface area contributed by atoms with E-state index < -0.39 is 0 Å². The van der Waals surface area contributed by atoms with Crippen LogP contribution >= 0.6 is 0 Å². The fraction of sp³-hybridized carbons (Fsp3) is 0.562. The molecule has 0 atom stereocenters. The summed E-state index contributed by atoms with van der Waals surface area (Å²) >= 11 is 0. The minimum Gasteiger partial charge on any atom is -0.484 e. The number of aliphatic hydroxyl groups is 1. The zero-order valence-corrected chi connectivity index (χ0v) is 12.2. The lowest BCUT2D eigenvalue weighted by molar-refractivity contribution is -0.124. The lowest BCUT2D eigenvalue weighted by Crippen LogP contribution is -2.40. The first-order valence-electron chi connectivity index (χ1n) is 7.22. The third kappa shape index (κ3) is 4.23. The Balaban J connectivity index is 1.76. The van der Waals surface area contributed by atoms with Crippen LogP contribution < -0.4 is 10.1 Å². The van der Waals surface area contributed by atoms with Crippen LogP contribution in [0.15, 0.2) is 18.2 Å². The van der Waals surface area contributed by atoms with Gasteiger partial charge >= 0.3 is 0 Å². The van der Waals surface area contributed by atoms with Crippen molar-refractivity contribution in [3.05, 3.63) is 29.3 Å². The lowest BCUT2D eigenvalue weighted by Gasteiger charge is -2.26. The maximum atomic E-state index is 11.8. The number of carbonyl (C=O) groups is 1. The van der Waals surface area contributed by atoms with E-state index in [9.17, 15) is 9.90 Å². The molecule has 20 heavy (non-hydrogen) atoms. The van der Waals surface area contributed by atoms with Gasteiger partial charge in [0.1, 0.15) is 5.75 Å². The van der Waals surface area contributed by atoms with Crippen molar-refractivity contribution in [1.82, 2.24) is 5.32 Å². The van der Waals surface area contributed by atoms with Gasteiger partial charge in [-0.05, 0) is 62.8 Å². The molecule has 0 spiro atoms. The molecule has 0 radical (unpaired) electrons. The van der Waals surface area contributed by atoms with Gasteiger partial charge in [-0.15, -0.1) is 0 Å². The average molecular weight is 277 g/mol. The van der Waals surface area contributed by atoms with Crippen LogP contribution in [0, 0.1) is 13.8 Å². The maximum absolute atomic E-state index is 11.8. The topological polar surface area (TPSA) is 58.6 Å². The van der Waals surface area contributed by atoms with E-state index >= 15 is 0 Å². The van der Waals surface area contributed by atoms with Gasteiger partial charge in [-0.3, -0.25) is 4.79 Å². The number of benzene rings is 1. The zero-order valence-electron chi connectivity index (χ0n) is 12.2. The summed E-state index contributed by atoms with van der Waals surface area (Å²) in [6.07, 6.45) is 3.02. The maximum Gasteiger partial charge on any atom is 0.258 e. The fourth-order valence-electron chi connectivity index (χ4n) is 2.44. The molecule has 1 aromatic carbocycles. The van der Waals surface area contributed by atoms with Gasteiger partial charge in [0.05, 0.1) is 6.10 Å². The molecule has 1 aromatic rings. The summed E-state index contributed by atoms with van der Waals surface area (Å²) in [5.74, 6) is 0.631. The average Bonchev–Trinajstić information content (AvgIpc) is 2.43. The van der Waals surface area contributed by atoms with Gasteiger partial charge in [-0.1, -0.05) is 6.07 Å². The van der Waals surface area contributed by atoms with Crippen molar-refractivity contribution < 1.29 is 14.6 Å². The van der Waals surface area contributed by atoms with Crippen LogP contribution in [-0.4, -0.2) is 29.8 Å². The molecule has 4 heteroatoms. The minimum absolute atomic E-state index is 0.0432. The first-order valence-corrected chi connectivity index (χ1v) is 7.22. The van der Waals surface area contributed by atoms with E-state index in [1.54, 1.807) is 0 Å². The molecule has 1 saturated carbocycles. The molecule has 110 valence electrons. The quantitative estimate of drug-likeness (QED) is 0.886. The second-order valence-electron chi connectivity index (χ2n) is 5.61. The third-order valence-electron chi connectivity index (χ3n) is 3.91. The highest BCUT2D eigenvalue weighted by atomic mass is 16.5. The van der Waals surface area contributed by atoms with Gasteiger partial charge in [-0.2, -0.15) is 0 Å². The molecule has 2 N–H and O–H groups in total. The van der Waals surface area contributed by atoms with Crippen molar-refractivity contribution in [3.63, 3.8) is 0 Å². The summed E-state index contributed by atoms with van der Waals surface area (Å²) in [7, 11) is 0. The van der Waals surface area contributed by atoms with Crippen LogP contribution in [-0.2, 0) is 4.79 Å². The monoisotopic (exact) mass is 277 g/mol. The number of hydrogen-bond donors (Lipinski definition) is 2. The largest absolute Gasteiger partial charge is 0.484 e.